The summed E-state index contributed by atoms with van der Waals surface area (Å²) in [6.45, 7) is 4.70. The number of Topliss-reactive ketones (excluding diaryl/α,β-unsaturated/α-hetero) is 1. The van der Waals surface area contributed by atoms with Gasteiger partial charge in [0.25, 0.3) is 0 Å². The second-order valence-electron chi connectivity index (χ2n) is 9.42. The van der Waals surface area contributed by atoms with Crippen molar-refractivity contribution in [3.8, 4) is 0 Å². The lowest BCUT2D eigenvalue weighted by Crippen LogP contribution is -2.52. The van der Waals surface area contributed by atoms with Crippen molar-refractivity contribution in [2.45, 2.75) is 71.6 Å². The zero-order valence-electron chi connectivity index (χ0n) is 15.0. The molecule has 0 amide bonds. The maximum Gasteiger partial charge on any atom is 0.307 e. The maximum absolute atomic E-state index is 12.4. The number of fused-ring (bicyclic) bond motifs is 5. The molecule has 3 fully saturated rings. The molecule has 0 saturated heterocycles. The molecule has 0 heterocycles. The Morgan fingerprint density at radius 3 is 2.75 bits per heavy atom. The molecular formula is C21H30O3. The number of ketones is 1. The molecule has 0 aromatic carbocycles. The Morgan fingerprint density at radius 1 is 1.21 bits per heavy atom. The van der Waals surface area contributed by atoms with E-state index in [1.165, 1.54) is 19.3 Å². The van der Waals surface area contributed by atoms with Crippen LogP contribution in [0.5, 0.6) is 0 Å². The van der Waals surface area contributed by atoms with Gasteiger partial charge in [-0.2, -0.15) is 0 Å². The second kappa shape index (κ2) is 5.44. The van der Waals surface area contributed by atoms with E-state index in [0.29, 0.717) is 29.0 Å². The molecule has 24 heavy (non-hydrogen) atoms. The number of carbonyl (C=O) groups excluding carboxylic acids is 1. The number of hydrogen-bond donors (Lipinski definition) is 1. The van der Waals surface area contributed by atoms with E-state index in [1.807, 2.05) is 0 Å². The van der Waals surface area contributed by atoms with E-state index < -0.39 is 5.97 Å². The Bertz CT molecular complexity index is 606. The van der Waals surface area contributed by atoms with Gasteiger partial charge in [0, 0.05) is 11.8 Å². The molecule has 0 aromatic heterocycles. The largest absolute Gasteiger partial charge is 0.481 e. The third-order valence-corrected chi connectivity index (χ3v) is 8.49. The fourth-order valence-corrected chi connectivity index (χ4v) is 7.06. The third kappa shape index (κ3) is 2.23. The molecule has 0 unspecified atom stereocenters. The highest BCUT2D eigenvalue weighted by molar-refractivity contribution is 5.87. The van der Waals surface area contributed by atoms with Gasteiger partial charge in [0.15, 0.2) is 0 Å². The fraction of sp³-hybridized carbons (Fsp3) is 0.810. The summed E-state index contributed by atoms with van der Waals surface area (Å²) in [5.41, 5.74) is 1.42. The maximum atomic E-state index is 12.4. The Kier molecular flexibility index (Phi) is 3.71. The van der Waals surface area contributed by atoms with Crippen molar-refractivity contribution in [2.24, 2.45) is 34.5 Å². The number of aliphatic carboxylic acids is 1. The first-order valence-corrected chi connectivity index (χ1v) is 9.77. The van der Waals surface area contributed by atoms with E-state index in [4.69, 9.17) is 5.11 Å². The van der Waals surface area contributed by atoms with Gasteiger partial charge in [0.2, 0.25) is 0 Å². The van der Waals surface area contributed by atoms with Gasteiger partial charge >= 0.3 is 5.97 Å². The van der Waals surface area contributed by atoms with E-state index in [1.54, 1.807) is 0 Å². The first-order valence-electron chi connectivity index (χ1n) is 9.77. The normalized spacial score (nSPS) is 47.4. The number of carboxylic acids is 1. The van der Waals surface area contributed by atoms with Crippen molar-refractivity contribution in [2.75, 3.05) is 0 Å². The highest BCUT2D eigenvalue weighted by atomic mass is 16.4. The van der Waals surface area contributed by atoms with Crippen LogP contribution in [0.1, 0.15) is 71.6 Å². The molecule has 6 atom stereocenters. The van der Waals surface area contributed by atoms with Crippen LogP contribution in [0.2, 0.25) is 0 Å². The molecule has 0 radical (unpaired) electrons. The third-order valence-electron chi connectivity index (χ3n) is 8.49. The molecular weight excluding hydrogens is 300 g/mol. The van der Waals surface area contributed by atoms with Crippen molar-refractivity contribution in [3.05, 3.63) is 11.6 Å². The lowest BCUT2D eigenvalue weighted by atomic mass is 9.45. The monoisotopic (exact) mass is 330 g/mol. The number of allylic oxidation sites excluding steroid dienone is 1. The number of carbonyl (C=O) groups is 2. The average Bonchev–Trinajstić information content (AvgIpc) is 2.83. The van der Waals surface area contributed by atoms with E-state index in [9.17, 15) is 9.59 Å². The average molecular weight is 330 g/mol. The Balaban J connectivity index is 1.59. The van der Waals surface area contributed by atoms with Crippen LogP contribution in [-0.4, -0.2) is 16.9 Å². The number of carboxylic acid groups (broad SMARTS) is 1. The van der Waals surface area contributed by atoms with Crippen LogP contribution < -0.4 is 0 Å². The molecule has 1 N–H and O–H groups in total. The van der Waals surface area contributed by atoms with Crippen LogP contribution in [0.4, 0.5) is 0 Å². The van der Waals surface area contributed by atoms with Crippen LogP contribution in [0, 0.1) is 34.5 Å². The molecule has 3 nitrogen and oxygen atoms in total. The van der Waals surface area contributed by atoms with Crippen LogP contribution in [0.3, 0.4) is 0 Å². The van der Waals surface area contributed by atoms with Gasteiger partial charge in [-0.25, -0.2) is 0 Å². The fourth-order valence-electron chi connectivity index (χ4n) is 7.06. The lowest BCUT2D eigenvalue weighted by molar-refractivity contribution is -0.137. The first-order chi connectivity index (χ1) is 11.3. The summed E-state index contributed by atoms with van der Waals surface area (Å²) in [5.74, 6) is 2.50. The molecule has 3 saturated carbocycles. The van der Waals surface area contributed by atoms with Crippen LogP contribution in [0.15, 0.2) is 11.6 Å². The predicted molar refractivity (Wildman–Crippen MR) is 92.5 cm³/mol. The Labute approximate surface area is 144 Å². The van der Waals surface area contributed by atoms with Gasteiger partial charge < -0.3 is 5.11 Å². The van der Waals surface area contributed by atoms with E-state index in [-0.39, 0.29) is 11.8 Å². The van der Waals surface area contributed by atoms with Crippen molar-refractivity contribution >= 4 is 11.8 Å². The molecule has 0 aromatic rings. The standard InChI is InChI=1S/C21H30O3/c1-20-9-7-13(12-19(23)24)11-14(20)3-4-15-16-5-6-18(22)21(16,2)10-8-17(15)20/h7,14-17H,3-6,8-12H2,1-2H3,(H,23,24)/t14-,15+,16-,17-,20-,21-/m0/s1. The molecule has 132 valence electrons. The quantitative estimate of drug-likeness (QED) is 0.752. The highest BCUT2D eigenvalue weighted by Crippen LogP contribution is 2.65. The van der Waals surface area contributed by atoms with Crippen molar-refractivity contribution in [1.82, 2.24) is 0 Å². The molecule has 0 aliphatic heterocycles. The minimum Gasteiger partial charge on any atom is -0.481 e. The van der Waals surface area contributed by atoms with Crippen LogP contribution >= 0.6 is 0 Å². The van der Waals surface area contributed by atoms with E-state index in [0.717, 1.165) is 43.6 Å². The molecule has 0 spiro atoms. The van der Waals surface area contributed by atoms with Crippen molar-refractivity contribution < 1.29 is 14.7 Å². The number of rotatable bonds is 2. The first kappa shape index (κ1) is 16.4. The zero-order chi connectivity index (χ0) is 17.1. The Morgan fingerprint density at radius 2 is 2.00 bits per heavy atom. The predicted octanol–water partition coefficient (Wildman–Crippen LogP) is 4.61. The van der Waals surface area contributed by atoms with Gasteiger partial charge in [0.05, 0.1) is 6.42 Å². The van der Waals surface area contributed by atoms with Crippen molar-refractivity contribution in [1.29, 1.82) is 0 Å². The summed E-state index contributed by atoms with van der Waals surface area (Å²) in [6, 6.07) is 0. The lowest BCUT2D eigenvalue weighted by Gasteiger charge is -2.59. The van der Waals surface area contributed by atoms with Gasteiger partial charge in [-0.3, -0.25) is 9.59 Å². The van der Waals surface area contributed by atoms with E-state index >= 15 is 0 Å². The molecule has 3 heteroatoms. The van der Waals surface area contributed by atoms with Crippen molar-refractivity contribution in [3.63, 3.8) is 0 Å². The SMILES string of the molecule is C[C@]12CC=C(CC(=O)O)C[C@@H]1CC[C@H]1[C@@H]2CC[C@]2(C)C(=O)CC[C@@H]12. The summed E-state index contributed by atoms with van der Waals surface area (Å²) in [4.78, 5) is 23.5. The zero-order valence-corrected chi connectivity index (χ0v) is 15.0. The molecule has 0 bridgehead atoms. The van der Waals surface area contributed by atoms with Gasteiger partial charge in [-0.15, -0.1) is 0 Å². The molecule has 4 aliphatic carbocycles. The van der Waals surface area contributed by atoms with Gasteiger partial charge in [-0.1, -0.05) is 25.5 Å². The topological polar surface area (TPSA) is 54.4 Å². The Hall–Kier alpha value is -1.12. The summed E-state index contributed by atoms with van der Waals surface area (Å²) >= 11 is 0. The van der Waals surface area contributed by atoms with Gasteiger partial charge in [-0.05, 0) is 74.0 Å². The number of hydrogen-bond acceptors (Lipinski definition) is 2. The van der Waals surface area contributed by atoms with Crippen LogP contribution in [0.25, 0.3) is 0 Å². The summed E-state index contributed by atoms with van der Waals surface area (Å²) in [7, 11) is 0. The second-order valence-corrected chi connectivity index (χ2v) is 9.42. The summed E-state index contributed by atoms with van der Waals surface area (Å²) in [6.07, 6.45) is 11.1. The minimum absolute atomic E-state index is 0.0384. The molecule has 4 rings (SSSR count). The molecule has 4 aliphatic rings. The minimum atomic E-state index is -0.698. The highest BCUT2D eigenvalue weighted by Gasteiger charge is 2.59. The summed E-state index contributed by atoms with van der Waals surface area (Å²) in [5, 5.41) is 9.10. The summed E-state index contributed by atoms with van der Waals surface area (Å²) < 4.78 is 0. The van der Waals surface area contributed by atoms with Crippen LogP contribution in [-0.2, 0) is 9.59 Å². The smallest absolute Gasteiger partial charge is 0.307 e. The van der Waals surface area contributed by atoms with Gasteiger partial charge in [0.1, 0.15) is 5.78 Å². The van der Waals surface area contributed by atoms with E-state index in [2.05, 4.69) is 19.9 Å².